The number of aliphatic hydroxyl groups excluding tert-OH is 2. The molecule has 3 N–H and O–H groups in total. The number of aliphatic hydroxyl groups is 3. The average molecular weight is 487 g/mol. The van der Waals surface area contributed by atoms with Crippen LogP contribution in [-0.2, 0) is 4.74 Å². The summed E-state index contributed by atoms with van der Waals surface area (Å²) in [4.78, 5) is 0. The highest BCUT2D eigenvalue weighted by molar-refractivity contribution is 5.35. The summed E-state index contributed by atoms with van der Waals surface area (Å²) in [6, 6.07) is 0. The van der Waals surface area contributed by atoms with E-state index in [2.05, 4.69) is 34.6 Å². The smallest absolute Gasteiger partial charge is 0.0990 e. The molecule has 0 aromatic carbocycles. The summed E-state index contributed by atoms with van der Waals surface area (Å²) in [6.45, 7) is 15.9. The third kappa shape index (κ3) is 2.31. The first-order chi connectivity index (χ1) is 16.1. The van der Waals surface area contributed by atoms with Crippen molar-refractivity contribution >= 4 is 0 Å². The van der Waals surface area contributed by atoms with Crippen LogP contribution in [0.15, 0.2) is 0 Å². The number of hydrogen-bond donors (Lipinski definition) is 3. The van der Waals surface area contributed by atoms with Crippen molar-refractivity contribution in [3.05, 3.63) is 0 Å². The molecule has 5 aliphatic carbocycles. The van der Waals surface area contributed by atoms with E-state index in [1.165, 1.54) is 38.5 Å². The number of ether oxygens (including phenoxy) is 1. The molecule has 0 aromatic heterocycles. The lowest BCUT2D eigenvalue weighted by molar-refractivity contribution is -0.191. The zero-order chi connectivity index (χ0) is 25.2. The molecule has 198 valence electrons. The molecule has 0 amide bonds. The number of rotatable bonds is 1. The van der Waals surface area contributed by atoms with Gasteiger partial charge in [-0.1, -0.05) is 34.6 Å². The molecule has 13 atom stereocenters. The summed E-state index contributed by atoms with van der Waals surface area (Å²) in [5.41, 5.74) is -0.706. The molecule has 4 nitrogen and oxygen atoms in total. The van der Waals surface area contributed by atoms with Crippen molar-refractivity contribution in [1.82, 2.24) is 0 Å². The Hall–Kier alpha value is -0.160. The van der Waals surface area contributed by atoms with Crippen LogP contribution in [0.25, 0.3) is 0 Å². The Labute approximate surface area is 212 Å². The van der Waals surface area contributed by atoms with Gasteiger partial charge in [0.15, 0.2) is 0 Å². The van der Waals surface area contributed by atoms with Gasteiger partial charge in [-0.15, -0.1) is 0 Å². The van der Waals surface area contributed by atoms with Gasteiger partial charge in [-0.3, -0.25) is 0 Å². The Balaban J connectivity index is 1.33. The van der Waals surface area contributed by atoms with E-state index in [1.807, 2.05) is 13.8 Å². The molecule has 2 aliphatic heterocycles. The highest BCUT2D eigenvalue weighted by atomic mass is 16.5. The second-order valence-electron chi connectivity index (χ2n) is 16.4. The van der Waals surface area contributed by atoms with Gasteiger partial charge in [0.25, 0.3) is 0 Å². The van der Waals surface area contributed by atoms with Crippen molar-refractivity contribution in [3.8, 4) is 0 Å². The van der Waals surface area contributed by atoms with E-state index < -0.39 is 17.3 Å². The molecule has 2 saturated heterocycles. The van der Waals surface area contributed by atoms with Crippen LogP contribution in [0.4, 0.5) is 0 Å². The van der Waals surface area contributed by atoms with Gasteiger partial charge >= 0.3 is 0 Å². The molecule has 0 radical (unpaired) electrons. The van der Waals surface area contributed by atoms with Crippen LogP contribution in [0.3, 0.4) is 0 Å². The zero-order valence-corrected chi connectivity index (χ0v) is 23.2. The van der Waals surface area contributed by atoms with E-state index in [9.17, 15) is 15.3 Å². The first-order valence-electron chi connectivity index (χ1n) is 14.9. The van der Waals surface area contributed by atoms with Crippen LogP contribution in [0.5, 0.6) is 0 Å². The second kappa shape index (κ2) is 6.35. The topological polar surface area (TPSA) is 69.9 Å². The Morgan fingerprint density at radius 3 is 2.23 bits per heavy atom. The van der Waals surface area contributed by atoms with Gasteiger partial charge in [0.05, 0.1) is 29.5 Å². The second-order valence-corrected chi connectivity index (χ2v) is 16.4. The van der Waals surface area contributed by atoms with Crippen LogP contribution >= 0.6 is 0 Å². The molecule has 2 heterocycles. The minimum atomic E-state index is -0.785. The zero-order valence-electron chi connectivity index (χ0n) is 23.2. The fraction of sp³-hybridized carbons (Fsp3) is 1.00. The van der Waals surface area contributed by atoms with Gasteiger partial charge < -0.3 is 20.1 Å². The molecule has 3 spiro atoms. The number of fused-ring (bicyclic) bond motifs is 4. The van der Waals surface area contributed by atoms with Crippen molar-refractivity contribution in [2.24, 2.45) is 56.7 Å². The predicted octanol–water partition coefficient (Wildman–Crippen LogP) is 5.32. The molecule has 0 aromatic rings. The quantitative estimate of drug-likeness (QED) is 0.469. The van der Waals surface area contributed by atoms with Crippen LogP contribution in [0.1, 0.15) is 106 Å². The van der Waals surface area contributed by atoms with Crippen molar-refractivity contribution in [2.45, 2.75) is 136 Å². The SMILES string of the molecule is CC1CC2OC3(CC2C(C)(C)O)C1C1(C)CCC24CC25CCC(O)C(C)(C)C5CCC4C1(C)C3O. The standard InChI is InChI=1S/C31H50O4/c1-17-14-19-18(26(4,5)34)15-31(35-19)23(17)27(6)12-13-30-16-29(30)11-10-22(32)25(2,3)20(29)8-9-21(30)28(27,7)24(31)33/h17-24,32-34H,8-16H2,1-7H3. The van der Waals surface area contributed by atoms with Crippen molar-refractivity contribution in [1.29, 1.82) is 0 Å². The maximum Gasteiger partial charge on any atom is 0.0990 e. The molecule has 7 aliphatic rings. The molecule has 4 heteroatoms. The van der Waals surface area contributed by atoms with E-state index >= 15 is 0 Å². The fourth-order valence-electron chi connectivity index (χ4n) is 13.5. The molecule has 5 saturated carbocycles. The van der Waals surface area contributed by atoms with Gasteiger partial charge in [-0.05, 0) is 117 Å². The monoisotopic (exact) mass is 486 g/mol. The van der Waals surface area contributed by atoms with E-state index in [0.29, 0.717) is 34.5 Å². The molecule has 7 rings (SSSR count). The molecular formula is C31H50O4. The highest BCUT2D eigenvalue weighted by Crippen LogP contribution is 2.90. The van der Waals surface area contributed by atoms with Gasteiger partial charge in [0.2, 0.25) is 0 Å². The lowest BCUT2D eigenvalue weighted by Gasteiger charge is -2.63. The third-order valence-electron chi connectivity index (χ3n) is 14.9. The van der Waals surface area contributed by atoms with Gasteiger partial charge in [-0.25, -0.2) is 0 Å². The third-order valence-corrected chi connectivity index (χ3v) is 14.9. The summed E-state index contributed by atoms with van der Waals surface area (Å²) < 4.78 is 6.99. The lowest BCUT2D eigenvalue weighted by Crippen LogP contribution is -2.60. The van der Waals surface area contributed by atoms with E-state index in [1.54, 1.807) is 0 Å². The fourth-order valence-corrected chi connectivity index (χ4v) is 13.5. The summed E-state index contributed by atoms with van der Waals surface area (Å²) in [5.74, 6) is 2.08. The average Bonchev–Trinajstić information content (AvgIpc) is 3.28. The van der Waals surface area contributed by atoms with Crippen LogP contribution in [0.2, 0.25) is 0 Å². The predicted molar refractivity (Wildman–Crippen MR) is 135 cm³/mol. The van der Waals surface area contributed by atoms with E-state index in [4.69, 9.17) is 4.74 Å². The Kier molecular flexibility index (Phi) is 4.34. The highest BCUT2D eigenvalue weighted by Gasteiger charge is 2.87. The van der Waals surface area contributed by atoms with Gasteiger partial charge in [0.1, 0.15) is 0 Å². The lowest BCUT2D eigenvalue weighted by atomic mass is 9.41. The maximum absolute atomic E-state index is 12.6. The normalized spacial score (nSPS) is 63.9. The maximum atomic E-state index is 12.6. The van der Waals surface area contributed by atoms with E-state index in [0.717, 1.165) is 19.3 Å². The van der Waals surface area contributed by atoms with E-state index in [-0.39, 0.29) is 34.4 Å². The first kappa shape index (κ1) is 23.9. The van der Waals surface area contributed by atoms with Crippen LogP contribution < -0.4 is 0 Å². The molecular weight excluding hydrogens is 436 g/mol. The molecule has 2 bridgehead atoms. The summed E-state index contributed by atoms with van der Waals surface area (Å²) in [5, 5.41) is 34.6. The van der Waals surface area contributed by atoms with Gasteiger partial charge in [-0.2, -0.15) is 0 Å². The minimum absolute atomic E-state index is 0.00836. The van der Waals surface area contributed by atoms with Crippen LogP contribution in [-0.4, -0.2) is 44.8 Å². The largest absolute Gasteiger partial charge is 0.393 e. The van der Waals surface area contributed by atoms with Crippen molar-refractivity contribution in [3.63, 3.8) is 0 Å². The van der Waals surface area contributed by atoms with Crippen molar-refractivity contribution in [2.75, 3.05) is 0 Å². The minimum Gasteiger partial charge on any atom is -0.393 e. The summed E-state index contributed by atoms with van der Waals surface area (Å²) in [6.07, 6.45) is 9.49. The van der Waals surface area contributed by atoms with Crippen LogP contribution in [0, 0.1) is 56.7 Å². The van der Waals surface area contributed by atoms with Crippen molar-refractivity contribution < 1.29 is 20.1 Å². The first-order valence-corrected chi connectivity index (χ1v) is 14.9. The molecule has 7 fully saturated rings. The molecule has 13 unspecified atom stereocenters. The Bertz CT molecular complexity index is 954. The Morgan fingerprint density at radius 2 is 1.54 bits per heavy atom. The molecule has 35 heavy (non-hydrogen) atoms. The Morgan fingerprint density at radius 1 is 0.886 bits per heavy atom. The summed E-state index contributed by atoms with van der Waals surface area (Å²) >= 11 is 0. The number of hydrogen-bond acceptors (Lipinski definition) is 4. The summed E-state index contributed by atoms with van der Waals surface area (Å²) in [7, 11) is 0. The van der Waals surface area contributed by atoms with Gasteiger partial charge in [0, 0.05) is 11.3 Å².